The standard InChI is InChI=1S/C12H8F3NO3S/c1-2-19-11(18)8-3-7(6-17)4-10(9(8)5-16)20-12(13,14)15/h3-4,6H,2H2,1H3. The molecule has 8 heteroatoms. The molecule has 0 aromatic heterocycles. The van der Waals surface area contributed by atoms with Crippen LogP contribution in [0.15, 0.2) is 17.0 Å². The van der Waals surface area contributed by atoms with Gasteiger partial charge in [0.25, 0.3) is 0 Å². The Labute approximate surface area is 116 Å². The Bertz CT molecular complexity index is 579. The van der Waals surface area contributed by atoms with Gasteiger partial charge in [0.05, 0.1) is 17.7 Å². The van der Waals surface area contributed by atoms with Crippen molar-refractivity contribution in [3.63, 3.8) is 0 Å². The summed E-state index contributed by atoms with van der Waals surface area (Å²) in [4.78, 5) is 21.9. The quantitative estimate of drug-likeness (QED) is 0.485. The zero-order valence-electron chi connectivity index (χ0n) is 10.2. The first-order valence-corrected chi connectivity index (χ1v) is 6.10. The van der Waals surface area contributed by atoms with Crippen LogP contribution in [-0.2, 0) is 4.74 Å². The van der Waals surface area contributed by atoms with Crippen LogP contribution in [0.1, 0.15) is 33.2 Å². The van der Waals surface area contributed by atoms with E-state index in [-0.39, 0.29) is 17.7 Å². The first-order valence-electron chi connectivity index (χ1n) is 5.28. The minimum atomic E-state index is -4.64. The Balaban J connectivity index is 3.43. The summed E-state index contributed by atoms with van der Waals surface area (Å²) in [5.74, 6) is -0.947. The Kier molecular flexibility index (Phi) is 5.16. The Morgan fingerprint density at radius 2 is 2.15 bits per heavy atom. The van der Waals surface area contributed by atoms with Crippen LogP contribution in [-0.4, -0.2) is 24.4 Å². The largest absolute Gasteiger partial charge is 0.462 e. The molecule has 0 saturated heterocycles. The molecule has 0 unspecified atom stereocenters. The van der Waals surface area contributed by atoms with E-state index < -0.39 is 33.7 Å². The summed E-state index contributed by atoms with van der Waals surface area (Å²) in [6, 6.07) is 3.48. The number of nitrogens with zero attached hydrogens (tertiary/aromatic N) is 1. The van der Waals surface area contributed by atoms with Crippen molar-refractivity contribution >= 4 is 24.0 Å². The highest BCUT2D eigenvalue weighted by molar-refractivity contribution is 8.00. The molecule has 0 spiro atoms. The molecule has 0 aliphatic heterocycles. The summed E-state index contributed by atoms with van der Waals surface area (Å²) in [5.41, 5.74) is -5.60. The van der Waals surface area contributed by atoms with Crippen LogP contribution in [0.3, 0.4) is 0 Å². The van der Waals surface area contributed by atoms with E-state index in [9.17, 15) is 22.8 Å². The first-order chi connectivity index (χ1) is 9.32. The van der Waals surface area contributed by atoms with Gasteiger partial charge in [0, 0.05) is 10.5 Å². The van der Waals surface area contributed by atoms with E-state index in [1.165, 1.54) is 13.0 Å². The Morgan fingerprint density at radius 3 is 2.60 bits per heavy atom. The van der Waals surface area contributed by atoms with E-state index in [0.717, 1.165) is 12.1 Å². The first kappa shape index (κ1) is 16.0. The summed E-state index contributed by atoms with van der Waals surface area (Å²) >= 11 is -0.558. The second-order valence-electron chi connectivity index (χ2n) is 3.44. The van der Waals surface area contributed by atoms with Gasteiger partial charge in [-0.25, -0.2) is 4.79 Å². The zero-order valence-corrected chi connectivity index (χ0v) is 11.0. The number of carbonyl (C=O) groups excluding carboxylic acids is 2. The van der Waals surface area contributed by atoms with Crippen LogP contribution in [0, 0.1) is 11.3 Å². The van der Waals surface area contributed by atoms with Gasteiger partial charge in [-0.1, -0.05) is 0 Å². The van der Waals surface area contributed by atoms with Crippen molar-refractivity contribution in [2.45, 2.75) is 17.3 Å². The van der Waals surface area contributed by atoms with Crippen molar-refractivity contribution < 1.29 is 27.5 Å². The maximum absolute atomic E-state index is 12.4. The summed E-state index contributed by atoms with van der Waals surface area (Å²) < 4.78 is 41.9. The van der Waals surface area contributed by atoms with Crippen LogP contribution >= 0.6 is 11.8 Å². The van der Waals surface area contributed by atoms with Crippen molar-refractivity contribution in [1.82, 2.24) is 0 Å². The molecule has 0 N–H and O–H groups in total. The normalized spacial score (nSPS) is 10.8. The second kappa shape index (κ2) is 6.43. The van der Waals surface area contributed by atoms with Crippen molar-refractivity contribution in [2.75, 3.05) is 6.61 Å². The number of thioether (sulfide) groups is 1. The van der Waals surface area contributed by atoms with Crippen LogP contribution in [0.2, 0.25) is 0 Å². The highest BCUT2D eigenvalue weighted by Gasteiger charge is 2.32. The molecule has 20 heavy (non-hydrogen) atoms. The average molecular weight is 303 g/mol. The number of ether oxygens (including phenoxy) is 1. The van der Waals surface area contributed by atoms with E-state index >= 15 is 0 Å². The third-order valence-electron chi connectivity index (χ3n) is 2.09. The topological polar surface area (TPSA) is 67.2 Å². The van der Waals surface area contributed by atoms with Gasteiger partial charge in [-0.15, -0.1) is 0 Å². The average Bonchev–Trinajstić information content (AvgIpc) is 2.36. The van der Waals surface area contributed by atoms with E-state index in [2.05, 4.69) is 4.74 Å². The van der Waals surface area contributed by atoms with Gasteiger partial charge >= 0.3 is 11.5 Å². The third kappa shape index (κ3) is 3.99. The predicted molar refractivity (Wildman–Crippen MR) is 64.4 cm³/mol. The molecule has 0 atom stereocenters. The van der Waals surface area contributed by atoms with E-state index in [0.29, 0.717) is 6.29 Å². The molecular weight excluding hydrogens is 295 g/mol. The fourth-order valence-electron chi connectivity index (χ4n) is 1.40. The number of esters is 1. The van der Waals surface area contributed by atoms with E-state index in [1.807, 2.05) is 0 Å². The number of nitriles is 1. The smallest absolute Gasteiger partial charge is 0.446 e. The molecule has 0 fully saturated rings. The maximum atomic E-state index is 12.4. The monoisotopic (exact) mass is 303 g/mol. The van der Waals surface area contributed by atoms with Crippen molar-refractivity contribution in [3.8, 4) is 6.07 Å². The molecular formula is C12H8F3NO3S. The molecule has 4 nitrogen and oxygen atoms in total. The number of hydrogen-bond acceptors (Lipinski definition) is 5. The lowest BCUT2D eigenvalue weighted by molar-refractivity contribution is -0.0328. The lowest BCUT2D eigenvalue weighted by atomic mass is 10.1. The van der Waals surface area contributed by atoms with Gasteiger partial charge in [-0.05, 0) is 30.8 Å². The SMILES string of the molecule is CCOC(=O)c1cc(C=O)cc(SC(F)(F)F)c1C#N. The van der Waals surface area contributed by atoms with Crippen LogP contribution in [0.25, 0.3) is 0 Å². The van der Waals surface area contributed by atoms with Gasteiger partial charge in [0.1, 0.15) is 12.4 Å². The summed E-state index contributed by atoms with van der Waals surface area (Å²) in [6.07, 6.45) is 0.296. The Morgan fingerprint density at radius 1 is 1.50 bits per heavy atom. The number of carbonyl (C=O) groups is 2. The number of rotatable bonds is 4. The number of benzene rings is 1. The van der Waals surface area contributed by atoms with Gasteiger partial charge in [-0.2, -0.15) is 18.4 Å². The minimum absolute atomic E-state index is 0.00321. The molecule has 0 radical (unpaired) electrons. The molecule has 0 aliphatic rings. The van der Waals surface area contributed by atoms with Gasteiger partial charge in [0.15, 0.2) is 0 Å². The minimum Gasteiger partial charge on any atom is -0.462 e. The number of alkyl halides is 3. The van der Waals surface area contributed by atoms with Gasteiger partial charge < -0.3 is 4.74 Å². The van der Waals surface area contributed by atoms with Gasteiger partial charge in [-0.3, -0.25) is 4.79 Å². The van der Waals surface area contributed by atoms with E-state index in [4.69, 9.17) is 5.26 Å². The molecule has 0 heterocycles. The summed E-state index contributed by atoms with van der Waals surface area (Å²) in [5, 5.41) is 8.95. The van der Waals surface area contributed by atoms with Crippen LogP contribution in [0.4, 0.5) is 13.2 Å². The zero-order chi connectivity index (χ0) is 15.3. The highest BCUT2D eigenvalue weighted by atomic mass is 32.2. The maximum Gasteiger partial charge on any atom is 0.446 e. The molecule has 1 aromatic carbocycles. The molecule has 106 valence electrons. The van der Waals surface area contributed by atoms with Crippen LogP contribution < -0.4 is 0 Å². The molecule has 0 saturated carbocycles. The fourth-order valence-corrected chi connectivity index (χ4v) is 2.10. The fraction of sp³-hybridized carbons (Fsp3) is 0.250. The lowest BCUT2D eigenvalue weighted by Gasteiger charge is -2.11. The van der Waals surface area contributed by atoms with Crippen molar-refractivity contribution in [3.05, 3.63) is 28.8 Å². The number of hydrogen-bond donors (Lipinski definition) is 0. The second-order valence-corrected chi connectivity index (χ2v) is 4.55. The highest BCUT2D eigenvalue weighted by Crippen LogP contribution is 2.39. The van der Waals surface area contributed by atoms with E-state index in [1.54, 1.807) is 0 Å². The molecule has 0 aliphatic carbocycles. The molecule has 0 amide bonds. The van der Waals surface area contributed by atoms with Crippen molar-refractivity contribution in [1.29, 1.82) is 5.26 Å². The predicted octanol–water partition coefficient (Wildman–Crippen LogP) is 3.16. The van der Waals surface area contributed by atoms with Gasteiger partial charge in [0.2, 0.25) is 0 Å². The molecule has 1 aromatic rings. The Hall–Kier alpha value is -2.01. The lowest BCUT2D eigenvalue weighted by Crippen LogP contribution is -2.10. The summed E-state index contributed by atoms with van der Waals surface area (Å²) in [6.45, 7) is 1.51. The third-order valence-corrected chi connectivity index (χ3v) is 2.87. The number of halogens is 3. The molecule has 1 rings (SSSR count). The number of aldehydes is 1. The summed E-state index contributed by atoms with van der Waals surface area (Å²) in [7, 11) is 0. The van der Waals surface area contributed by atoms with Crippen molar-refractivity contribution in [2.24, 2.45) is 0 Å². The van der Waals surface area contributed by atoms with Crippen LogP contribution in [0.5, 0.6) is 0 Å². The molecule has 0 bridgehead atoms.